The molecule has 0 saturated heterocycles. The number of anilines is 1. The lowest BCUT2D eigenvalue weighted by atomic mass is 10.4. The van der Waals surface area contributed by atoms with Crippen LogP contribution in [0.5, 0.6) is 0 Å². The first kappa shape index (κ1) is 8.77. The smallest absolute Gasteiger partial charge is 0.265 e. The first-order chi connectivity index (χ1) is 5.74. The third kappa shape index (κ3) is 2.08. The molecule has 0 aliphatic heterocycles. The van der Waals surface area contributed by atoms with Crippen LogP contribution in [0.4, 0.5) is 5.95 Å². The SMILES string of the molecule is CC/C=C/c1nc(N(C)C)no1. The number of allylic oxidation sites excluding steroid dienone is 1. The monoisotopic (exact) mass is 167 g/mol. The highest BCUT2D eigenvalue weighted by Gasteiger charge is 2.03. The fraction of sp³-hybridized carbons (Fsp3) is 0.500. The van der Waals surface area contributed by atoms with E-state index in [9.17, 15) is 0 Å². The second-order valence-electron chi connectivity index (χ2n) is 2.64. The van der Waals surface area contributed by atoms with Crippen LogP contribution in [0.15, 0.2) is 10.6 Å². The Morgan fingerprint density at radius 2 is 2.25 bits per heavy atom. The van der Waals surface area contributed by atoms with E-state index in [-0.39, 0.29) is 0 Å². The van der Waals surface area contributed by atoms with Gasteiger partial charge in [0.05, 0.1) is 0 Å². The molecule has 4 nitrogen and oxygen atoms in total. The third-order valence-corrected chi connectivity index (χ3v) is 1.33. The van der Waals surface area contributed by atoms with Crippen LogP contribution < -0.4 is 4.90 Å². The molecular formula is C8H13N3O. The maximum Gasteiger partial charge on any atom is 0.265 e. The van der Waals surface area contributed by atoms with Gasteiger partial charge in [0.15, 0.2) is 0 Å². The summed E-state index contributed by atoms with van der Waals surface area (Å²) in [5, 5.41) is 3.76. The van der Waals surface area contributed by atoms with Gasteiger partial charge in [0.25, 0.3) is 11.8 Å². The zero-order valence-corrected chi connectivity index (χ0v) is 7.61. The Kier molecular flexibility index (Phi) is 2.85. The second-order valence-corrected chi connectivity index (χ2v) is 2.64. The van der Waals surface area contributed by atoms with E-state index < -0.39 is 0 Å². The number of rotatable bonds is 3. The van der Waals surface area contributed by atoms with Gasteiger partial charge in [0.1, 0.15) is 0 Å². The molecule has 0 spiro atoms. The molecule has 0 aliphatic rings. The van der Waals surface area contributed by atoms with Crippen LogP contribution in [0.3, 0.4) is 0 Å². The fourth-order valence-electron chi connectivity index (χ4n) is 0.695. The van der Waals surface area contributed by atoms with Crippen LogP contribution in [0.1, 0.15) is 19.2 Å². The summed E-state index contributed by atoms with van der Waals surface area (Å²) in [5.74, 6) is 1.16. The van der Waals surface area contributed by atoms with E-state index in [1.165, 1.54) is 0 Å². The Morgan fingerprint density at radius 1 is 1.50 bits per heavy atom. The Labute approximate surface area is 71.9 Å². The molecule has 0 saturated carbocycles. The normalized spacial score (nSPS) is 10.9. The molecular weight excluding hydrogens is 154 g/mol. The predicted molar refractivity (Wildman–Crippen MR) is 48.0 cm³/mol. The molecule has 0 N–H and O–H groups in total. The van der Waals surface area contributed by atoms with Gasteiger partial charge in [0.2, 0.25) is 0 Å². The summed E-state index contributed by atoms with van der Waals surface area (Å²) >= 11 is 0. The molecule has 12 heavy (non-hydrogen) atoms. The molecule has 0 aliphatic carbocycles. The van der Waals surface area contributed by atoms with Crippen molar-refractivity contribution < 1.29 is 4.52 Å². The Bertz CT molecular complexity index is 265. The molecule has 1 heterocycles. The van der Waals surface area contributed by atoms with Crippen LogP contribution in [0, 0.1) is 0 Å². The number of hydrogen-bond donors (Lipinski definition) is 0. The van der Waals surface area contributed by atoms with E-state index >= 15 is 0 Å². The van der Waals surface area contributed by atoms with Gasteiger partial charge >= 0.3 is 0 Å². The van der Waals surface area contributed by atoms with Crippen molar-refractivity contribution in [3.8, 4) is 0 Å². The molecule has 4 heteroatoms. The lowest BCUT2D eigenvalue weighted by molar-refractivity contribution is 0.410. The third-order valence-electron chi connectivity index (χ3n) is 1.33. The zero-order valence-electron chi connectivity index (χ0n) is 7.61. The summed E-state index contributed by atoms with van der Waals surface area (Å²) < 4.78 is 4.94. The zero-order chi connectivity index (χ0) is 8.97. The highest BCUT2D eigenvalue weighted by atomic mass is 16.5. The van der Waals surface area contributed by atoms with Gasteiger partial charge in [-0.15, -0.1) is 0 Å². The van der Waals surface area contributed by atoms with Gasteiger partial charge in [-0.3, -0.25) is 0 Å². The number of aromatic nitrogens is 2. The van der Waals surface area contributed by atoms with Crippen molar-refractivity contribution in [2.75, 3.05) is 19.0 Å². The van der Waals surface area contributed by atoms with Gasteiger partial charge in [0, 0.05) is 14.1 Å². The van der Waals surface area contributed by atoms with Crippen LogP contribution in [0.2, 0.25) is 0 Å². The van der Waals surface area contributed by atoms with E-state index in [0.717, 1.165) is 6.42 Å². The van der Waals surface area contributed by atoms with Crippen LogP contribution in [-0.4, -0.2) is 24.2 Å². The maximum atomic E-state index is 4.94. The van der Waals surface area contributed by atoms with E-state index in [0.29, 0.717) is 11.8 Å². The fourth-order valence-corrected chi connectivity index (χ4v) is 0.695. The van der Waals surface area contributed by atoms with Crippen molar-refractivity contribution in [3.05, 3.63) is 12.0 Å². The minimum Gasteiger partial charge on any atom is -0.344 e. The number of hydrogen-bond acceptors (Lipinski definition) is 4. The summed E-state index contributed by atoms with van der Waals surface area (Å²) in [7, 11) is 3.75. The topological polar surface area (TPSA) is 42.2 Å². The minimum atomic E-state index is 0.556. The molecule has 1 rings (SSSR count). The van der Waals surface area contributed by atoms with E-state index in [2.05, 4.69) is 17.1 Å². The summed E-state index contributed by atoms with van der Waals surface area (Å²) in [6.45, 7) is 2.06. The molecule has 66 valence electrons. The van der Waals surface area contributed by atoms with Gasteiger partial charge in [-0.1, -0.05) is 13.0 Å². The average molecular weight is 167 g/mol. The maximum absolute atomic E-state index is 4.94. The van der Waals surface area contributed by atoms with Crippen molar-refractivity contribution in [1.29, 1.82) is 0 Å². The molecule has 0 bridgehead atoms. The molecule has 1 aromatic heterocycles. The lowest BCUT2D eigenvalue weighted by Crippen LogP contribution is -2.09. The first-order valence-electron chi connectivity index (χ1n) is 3.91. The lowest BCUT2D eigenvalue weighted by Gasteiger charge is -2.01. The van der Waals surface area contributed by atoms with Gasteiger partial charge in [-0.25, -0.2) is 0 Å². The predicted octanol–water partition coefficient (Wildman–Crippen LogP) is 1.56. The van der Waals surface area contributed by atoms with Crippen molar-refractivity contribution in [1.82, 2.24) is 10.1 Å². The molecule has 0 aromatic carbocycles. The van der Waals surface area contributed by atoms with Crippen molar-refractivity contribution in [2.45, 2.75) is 13.3 Å². The van der Waals surface area contributed by atoms with E-state index in [4.69, 9.17) is 4.52 Å². The highest BCUT2D eigenvalue weighted by molar-refractivity contribution is 5.40. The summed E-state index contributed by atoms with van der Waals surface area (Å²) in [6.07, 6.45) is 4.77. The van der Waals surface area contributed by atoms with Crippen LogP contribution in [0.25, 0.3) is 6.08 Å². The van der Waals surface area contributed by atoms with E-state index in [1.54, 1.807) is 4.90 Å². The average Bonchev–Trinajstić information content (AvgIpc) is 2.48. The van der Waals surface area contributed by atoms with Crippen LogP contribution in [-0.2, 0) is 0 Å². The van der Waals surface area contributed by atoms with Crippen LogP contribution >= 0.6 is 0 Å². The van der Waals surface area contributed by atoms with Crippen molar-refractivity contribution in [2.24, 2.45) is 0 Å². The highest BCUT2D eigenvalue weighted by Crippen LogP contribution is 2.06. The first-order valence-corrected chi connectivity index (χ1v) is 3.91. The summed E-state index contributed by atoms with van der Waals surface area (Å²) in [4.78, 5) is 5.91. The van der Waals surface area contributed by atoms with Crippen molar-refractivity contribution in [3.63, 3.8) is 0 Å². The Hall–Kier alpha value is -1.32. The quantitative estimate of drug-likeness (QED) is 0.685. The molecule has 0 radical (unpaired) electrons. The molecule has 0 atom stereocenters. The minimum absolute atomic E-state index is 0.556. The standard InChI is InChI=1S/C8H13N3O/c1-4-5-6-7-9-8(10-12-7)11(2)3/h5-6H,4H2,1-3H3/b6-5+. The molecule has 0 amide bonds. The summed E-state index contributed by atoms with van der Waals surface area (Å²) in [6, 6.07) is 0. The van der Waals surface area contributed by atoms with Gasteiger partial charge < -0.3 is 9.42 Å². The van der Waals surface area contributed by atoms with Gasteiger partial charge in [-0.05, 0) is 17.7 Å². The Morgan fingerprint density at radius 3 is 2.75 bits per heavy atom. The van der Waals surface area contributed by atoms with Crippen molar-refractivity contribution >= 4 is 12.0 Å². The van der Waals surface area contributed by atoms with E-state index in [1.807, 2.05) is 26.2 Å². The number of nitrogens with zero attached hydrogens (tertiary/aromatic N) is 3. The largest absolute Gasteiger partial charge is 0.344 e. The van der Waals surface area contributed by atoms with Gasteiger partial charge in [-0.2, -0.15) is 4.98 Å². The molecule has 0 fully saturated rings. The molecule has 1 aromatic rings. The summed E-state index contributed by atoms with van der Waals surface area (Å²) in [5.41, 5.74) is 0. The Balaban J connectivity index is 2.70. The molecule has 0 unspecified atom stereocenters. The second kappa shape index (κ2) is 3.90.